The predicted octanol–water partition coefficient (Wildman–Crippen LogP) is 4.62. The van der Waals surface area contributed by atoms with Crippen LogP contribution in [0.5, 0.6) is 0 Å². The minimum atomic E-state index is -0.295. The van der Waals surface area contributed by atoms with E-state index in [2.05, 4.69) is 47.8 Å². The fraction of sp³-hybridized carbons (Fsp3) is 0.0909. The molecule has 0 fully saturated rings. The van der Waals surface area contributed by atoms with Crippen molar-refractivity contribution >= 4 is 47.8 Å². The molecule has 1 aromatic heterocycles. The Morgan fingerprint density at radius 1 is 1.06 bits per heavy atom. The lowest BCUT2D eigenvalue weighted by molar-refractivity contribution is 0.487. The van der Waals surface area contributed by atoms with Gasteiger partial charge in [-0.2, -0.15) is 0 Å². The maximum Gasteiger partial charge on any atom is 0.139 e. The van der Waals surface area contributed by atoms with Crippen molar-refractivity contribution in [2.75, 3.05) is 0 Å². The summed E-state index contributed by atoms with van der Waals surface area (Å²) in [6.45, 7) is 0. The van der Waals surface area contributed by atoms with Crippen LogP contribution in [0.2, 0.25) is 0 Å². The van der Waals surface area contributed by atoms with Crippen LogP contribution < -0.4 is 5.73 Å². The molecule has 0 radical (unpaired) electrons. The number of hydrogen-bond acceptors (Lipinski definition) is 2. The number of benzene rings is 1. The molecule has 1 atom stereocenters. The number of rotatable bonds is 2. The SMILES string of the molecule is NC(c1cc(Br)ccc1Br)c1occc1Br. The van der Waals surface area contributed by atoms with E-state index in [4.69, 9.17) is 10.2 Å². The Morgan fingerprint density at radius 2 is 1.81 bits per heavy atom. The Bertz CT molecular complexity index is 510. The molecule has 2 N–H and O–H groups in total. The van der Waals surface area contributed by atoms with Gasteiger partial charge in [-0.25, -0.2) is 0 Å². The molecule has 16 heavy (non-hydrogen) atoms. The zero-order valence-electron chi connectivity index (χ0n) is 8.08. The van der Waals surface area contributed by atoms with E-state index in [9.17, 15) is 0 Å². The van der Waals surface area contributed by atoms with Crippen molar-refractivity contribution in [3.63, 3.8) is 0 Å². The van der Waals surface area contributed by atoms with Gasteiger partial charge in [-0.15, -0.1) is 0 Å². The molecular formula is C11H8Br3NO. The molecular weight excluding hydrogens is 402 g/mol. The maximum atomic E-state index is 6.16. The Hall–Kier alpha value is -0.100. The van der Waals surface area contributed by atoms with Crippen molar-refractivity contribution < 1.29 is 4.42 Å². The second-order valence-electron chi connectivity index (χ2n) is 3.28. The summed E-state index contributed by atoms with van der Waals surface area (Å²) >= 11 is 10.3. The summed E-state index contributed by atoms with van der Waals surface area (Å²) in [6, 6.07) is 7.43. The highest BCUT2D eigenvalue weighted by atomic mass is 79.9. The normalized spacial score (nSPS) is 12.8. The van der Waals surface area contributed by atoms with E-state index in [1.807, 2.05) is 24.3 Å². The van der Waals surface area contributed by atoms with Gasteiger partial charge in [0, 0.05) is 8.95 Å². The number of nitrogens with two attached hydrogens (primary N) is 1. The van der Waals surface area contributed by atoms with Gasteiger partial charge in [-0.1, -0.05) is 31.9 Å². The first-order valence-electron chi connectivity index (χ1n) is 4.53. The van der Waals surface area contributed by atoms with Gasteiger partial charge >= 0.3 is 0 Å². The molecule has 0 spiro atoms. The van der Waals surface area contributed by atoms with Crippen molar-refractivity contribution in [1.82, 2.24) is 0 Å². The van der Waals surface area contributed by atoms with E-state index < -0.39 is 0 Å². The van der Waals surface area contributed by atoms with Crippen LogP contribution >= 0.6 is 47.8 Å². The van der Waals surface area contributed by atoms with Gasteiger partial charge in [0.1, 0.15) is 5.76 Å². The molecule has 84 valence electrons. The van der Waals surface area contributed by atoms with E-state index in [1.54, 1.807) is 6.26 Å². The molecule has 1 aromatic carbocycles. The number of hydrogen-bond donors (Lipinski definition) is 1. The minimum Gasteiger partial charge on any atom is -0.466 e. The second-order valence-corrected chi connectivity index (χ2v) is 5.90. The fourth-order valence-corrected chi connectivity index (χ4v) is 2.74. The van der Waals surface area contributed by atoms with E-state index in [1.165, 1.54) is 0 Å². The average Bonchev–Trinajstić information content (AvgIpc) is 2.67. The third kappa shape index (κ3) is 2.42. The quantitative estimate of drug-likeness (QED) is 0.786. The maximum absolute atomic E-state index is 6.16. The lowest BCUT2D eigenvalue weighted by atomic mass is 10.1. The Balaban J connectivity index is 2.45. The van der Waals surface area contributed by atoms with Gasteiger partial charge in [-0.05, 0) is 45.8 Å². The third-order valence-corrected chi connectivity index (χ3v) is 4.09. The lowest BCUT2D eigenvalue weighted by Gasteiger charge is -2.12. The summed E-state index contributed by atoms with van der Waals surface area (Å²) in [5.41, 5.74) is 7.13. The largest absolute Gasteiger partial charge is 0.466 e. The number of halogens is 3. The van der Waals surface area contributed by atoms with Crippen LogP contribution in [0.15, 0.2) is 48.4 Å². The van der Waals surface area contributed by atoms with Crippen LogP contribution in [-0.2, 0) is 0 Å². The molecule has 2 aromatic rings. The van der Waals surface area contributed by atoms with Crippen LogP contribution in [0.25, 0.3) is 0 Å². The lowest BCUT2D eigenvalue weighted by Crippen LogP contribution is -2.12. The first-order valence-corrected chi connectivity index (χ1v) is 6.91. The van der Waals surface area contributed by atoms with E-state index >= 15 is 0 Å². The third-order valence-electron chi connectivity index (χ3n) is 2.22. The Kier molecular flexibility index (Phi) is 3.89. The first kappa shape index (κ1) is 12.4. The smallest absolute Gasteiger partial charge is 0.139 e. The van der Waals surface area contributed by atoms with Gasteiger partial charge in [0.05, 0.1) is 16.8 Å². The van der Waals surface area contributed by atoms with Gasteiger partial charge in [0.15, 0.2) is 0 Å². The van der Waals surface area contributed by atoms with Gasteiger partial charge in [0.25, 0.3) is 0 Å². The average molecular weight is 410 g/mol. The van der Waals surface area contributed by atoms with Gasteiger partial charge < -0.3 is 10.2 Å². The molecule has 0 saturated heterocycles. The van der Waals surface area contributed by atoms with Crippen LogP contribution in [0, 0.1) is 0 Å². The van der Waals surface area contributed by atoms with E-state index in [0.29, 0.717) is 0 Å². The first-order chi connectivity index (χ1) is 7.59. The van der Waals surface area contributed by atoms with E-state index in [0.717, 1.165) is 24.7 Å². The molecule has 5 heteroatoms. The summed E-state index contributed by atoms with van der Waals surface area (Å²) in [4.78, 5) is 0. The summed E-state index contributed by atoms with van der Waals surface area (Å²) in [5, 5.41) is 0. The zero-order chi connectivity index (χ0) is 11.7. The van der Waals surface area contributed by atoms with Gasteiger partial charge in [-0.3, -0.25) is 0 Å². The van der Waals surface area contributed by atoms with Crippen molar-refractivity contribution in [3.05, 3.63) is 55.3 Å². The summed E-state index contributed by atoms with van der Waals surface area (Å²) in [5.74, 6) is 0.721. The summed E-state index contributed by atoms with van der Waals surface area (Å²) in [6.07, 6.45) is 1.62. The second kappa shape index (κ2) is 5.04. The van der Waals surface area contributed by atoms with Crippen molar-refractivity contribution in [1.29, 1.82) is 0 Å². The minimum absolute atomic E-state index is 0.295. The predicted molar refractivity (Wildman–Crippen MR) is 74.3 cm³/mol. The highest BCUT2D eigenvalue weighted by Crippen LogP contribution is 2.33. The zero-order valence-corrected chi connectivity index (χ0v) is 12.8. The highest BCUT2D eigenvalue weighted by Gasteiger charge is 2.18. The monoisotopic (exact) mass is 407 g/mol. The summed E-state index contributed by atoms with van der Waals surface area (Å²) in [7, 11) is 0. The van der Waals surface area contributed by atoms with Crippen LogP contribution in [0.4, 0.5) is 0 Å². The molecule has 1 unspecified atom stereocenters. The van der Waals surface area contributed by atoms with Crippen molar-refractivity contribution in [2.24, 2.45) is 5.73 Å². The topological polar surface area (TPSA) is 39.2 Å². The molecule has 0 amide bonds. The molecule has 0 aliphatic rings. The van der Waals surface area contributed by atoms with Crippen LogP contribution in [0.1, 0.15) is 17.4 Å². The fourth-order valence-electron chi connectivity index (χ4n) is 1.42. The Morgan fingerprint density at radius 3 is 2.44 bits per heavy atom. The standard InChI is InChI=1S/C11H8Br3NO/c12-6-1-2-8(13)7(5-6)10(15)11-9(14)3-4-16-11/h1-5,10H,15H2. The van der Waals surface area contributed by atoms with Crippen molar-refractivity contribution in [2.45, 2.75) is 6.04 Å². The molecule has 0 bridgehead atoms. The summed E-state index contributed by atoms with van der Waals surface area (Å²) < 4.78 is 8.20. The Labute approximate surface area is 119 Å². The van der Waals surface area contributed by atoms with Crippen molar-refractivity contribution in [3.8, 4) is 0 Å². The molecule has 0 aliphatic heterocycles. The molecule has 0 aliphatic carbocycles. The van der Waals surface area contributed by atoms with Crippen LogP contribution in [-0.4, -0.2) is 0 Å². The molecule has 1 heterocycles. The highest BCUT2D eigenvalue weighted by molar-refractivity contribution is 9.11. The van der Waals surface area contributed by atoms with E-state index in [-0.39, 0.29) is 6.04 Å². The van der Waals surface area contributed by atoms with Crippen LogP contribution in [0.3, 0.4) is 0 Å². The van der Waals surface area contributed by atoms with Gasteiger partial charge in [0.2, 0.25) is 0 Å². The molecule has 2 rings (SSSR count). The molecule has 0 saturated carbocycles. The molecule has 2 nitrogen and oxygen atoms in total. The number of furan rings is 1.